The van der Waals surface area contributed by atoms with Gasteiger partial charge in [0.15, 0.2) is 0 Å². The zero-order valence-corrected chi connectivity index (χ0v) is 19.1. The number of rotatable bonds is 8. The standard InChI is InChI=1S/C25H32FN3O4/c1-31-22-3-2-21(24(26)12-22)14-28-15-23(33-18-20-4-8-27-9-5-20)16-29(25(30)17-28)13-19-6-10-32-11-7-19/h2-5,8-9,12,19,23H,6-7,10-11,13-18H2,1H3/t23-/m1/s1. The summed E-state index contributed by atoms with van der Waals surface area (Å²) in [4.78, 5) is 21.1. The first kappa shape index (κ1) is 23.6. The van der Waals surface area contributed by atoms with Gasteiger partial charge in [0, 0.05) is 63.4 Å². The maximum atomic E-state index is 14.6. The fourth-order valence-electron chi connectivity index (χ4n) is 4.41. The quantitative estimate of drug-likeness (QED) is 0.608. The van der Waals surface area contributed by atoms with Gasteiger partial charge in [0.2, 0.25) is 5.91 Å². The largest absolute Gasteiger partial charge is 0.497 e. The summed E-state index contributed by atoms with van der Waals surface area (Å²) in [6, 6.07) is 8.69. The van der Waals surface area contributed by atoms with E-state index in [0.717, 1.165) is 31.6 Å². The highest BCUT2D eigenvalue weighted by Gasteiger charge is 2.30. The minimum absolute atomic E-state index is 0.0606. The van der Waals surface area contributed by atoms with Crippen LogP contribution in [0.2, 0.25) is 0 Å². The van der Waals surface area contributed by atoms with Crippen LogP contribution in [0.3, 0.4) is 0 Å². The molecule has 0 bridgehead atoms. The molecule has 7 nitrogen and oxygen atoms in total. The number of benzene rings is 1. The van der Waals surface area contributed by atoms with Crippen molar-refractivity contribution in [3.05, 3.63) is 59.7 Å². The van der Waals surface area contributed by atoms with Crippen molar-refractivity contribution in [2.45, 2.75) is 32.1 Å². The van der Waals surface area contributed by atoms with E-state index in [-0.39, 0.29) is 24.4 Å². The SMILES string of the molecule is COc1ccc(CN2CC(=O)N(CC3CCOCC3)C[C@H](OCc3ccncc3)C2)c(F)c1. The van der Waals surface area contributed by atoms with Crippen LogP contribution in [-0.2, 0) is 27.4 Å². The fourth-order valence-corrected chi connectivity index (χ4v) is 4.41. The number of hydrogen-bond donors (Lipinski definition) is 0. The van der Waals surface area contributed by atoms with Crippen LogP contribution in [-0.4, -0.2) is 73.3 Å². The van der Waals surface area contributed by atoms with E-state index < -0.39 is 0 Å². The molecule has 2 aromatic rings. The fraction of sp³-hybridized carbons (Fsp3) is 0.520. The van der Waals surface area contributed by atoms with Gasteiger partial charge in [-0.1, -0.05) is 6.07 Å². The summed E-state index contributed by atoms with van der Waals surface area (Å²) in [6.07, 6.45) is 5.24. The third-order valence-electron chi connectivity index (χ3n) is 6.31. The number of methoxy groups -OCH3 is 1. The second kappa shape index (κ2) is 11.5. The second-order valence-corrected chi connectivity index (χ2v) is 8.77. The van der Waals surface area contributed by atoms with E-state index >= 15 is 0 Å². The first-order valence-electron chi connectivity index (χ1n) is 11.5. The lowest BCUT2D eigenvalue weighted by Gasteiger charge is -2.30. The van der Waals surface area contributed by atoms with Crippen molar-refractivity contribution < 1.29 is 23.4 Å². The lowest BCUT2D eigenvalue weighted by molar-refractivity contribution is -0.133. The summed E-state index contributed by atoms with van der Waals surface area (Å²) in [7, 11) is 1.51. The van der Waals surface area contributed by atoms with E-state index in [9.17, 15) is 9.18 Å². The third-order valence-corrected chi connectivity index (χ3v) is 6.31. The smallest absolute Gasteiger partial charge is 0.236 e. The van der Waals surface area contributed by atoms with E-state index in [1.807, 2.05) is 21.9 Å². The van der Waals surface area contributed by atoms with Gasteiger partial charge >= 0.3 is 0 Å². The van der Waals surface area contributed by atoms with Crippen LogP contribution < -0.4 is 4.74 Å². The lowest BCUT2D eigenvalue weighted by atomic mass is 9.99. The summed E-state index contributed by atoms with van der Waals surface area (Å²) in [6.45, 7) is 4.30. The number of ether oxygens (including phenoxy) is 3. The minimum Gasteiger partial charge on any atom is -0.497 e. The second-order valence-electron chi connectivity index (χ2n) is 8.77. The molecule has 8 heteroatoms. The molecule has 0 spiro atoms. The molecule has 3 heterocycles. The van der Waals surface area contributed by atoms with Gasteiger partial charge in [-0.2, -0.15) is 0 Å². The topological polar surface area (TPSA) is 64.1 Å². The van der Waals surface area contributed by atoms with Crippen molar-refractivity contribution in [2.75, 3.05) is 46.5 Å². The number of hydrogen-bond acceptors (Lipinski definition) is 6. The lowest BCUT2D eigenvalue weighted by Crippen LogP contribution is -2.42. The number of amides is 1. The predicted molar refractivity (Wildman–Crippen MR) is 121 cm³/mol. The molecule has 2 saturated heterocycles. The Bertz CT molecular complexity index is 908. The number of carbonyl (C=O) groups excluding carboxylic acids is 1. The molecule has 0 saturated carbocycles. The molecule has 4 rings (SSSR count). The Hall–Kier alpha value is -2.55. The first-order chi connectivity index (χ1) is 16.1. The molecule has 1 aromatic heterocycles. The van der Waals surface area contributed by atoms with Crippen LogP contribution in [0.15, 0.2) is 42.7 Å². The summed E-state index contributed by atoms with van der Waals surface area (Å²) >= 11 is 0. The molecule has 0 radical (unpaired) electrons. The predicted octanol–water partition coefficient (Wildman–Crippen LogP) is 2.89. The average Bonchev–Trinajstić information content (AvgIpc) is 2.98. The van der Waals surface area contributed by atoms with E-state index in [2.05, 4.69) is 4.98 Å². The summed E-state index contributed by atoms with van der Waals surface area (Å²) < 4.78 is 31.4. The summed E-state index contributed by atoms with van der Waals surface area (Å²) in [5, 5.41) is 0. The van der Waals surface area contributed by atoms with E-state index in [4.69, 9.17) is 14.2 Å². The molecular formula is C25H32FN3O4. The molecule has 2 aliphatic heterocycles. The number of aromatic nitrogens is 1. The highest BCUT2D eigenvalue weighted by molar-refractivity contribution is 5.78. The van der Waals surface area contributed by atoms with Crippen molar-refractivity contribution in [3.63, 3.8) is 0 Å². The molecular weight excluding hydrogens is 425 g/mol. The van der Waals surface area contributed by atoms with Gasteiger partial charge in [-0.05, 0) is 42.5 Å². The molecule has 2 aliphatic rings. The number of pyridine rings is 1. The monoisotopic (exact) mass is 457 g/mol. The third kappa shape index (κ3) is 6.72. The molecule has 1 amide bonds. The van der Waals surface area contributed by atoms with Crippen LogP contribution in [0, 0.1) is 11.7 Å². The average molecular weight is 458 g/mol. The zero-order chi connectivity index (χ0) is 23.0. The highest BCUT2D eigenvalue weighted by Crippen LogP contribution is 2.22. The van der Waals surface area contributed by atoms with E-state index in [1.54, 1.807) is 24.5 Å². The Morgan fingerprint density at radius 2 is 1.94 bits per heavy atom. The van der Waals surface area contributed by atoms with E-state index in [0.29, 0.717) is 50.0 Å². The highest BCUT2D eigenvalue weighted by atomic mass is 19.1. The maximum absolute atomic E-state index is 14.6. The molecule has 178 valence electrons. The molecule has 0 unspecified atom stereocenters. The van der Waals surface area contributed by atoms with Crippen molar-refractivity contribution in [3.8, 4) is 5.75 Å². The van der Waals surface area contributed by atoms with Crippen LogP contribution in [0.5, 0.6) is 5.75 Å². The Balaban J connectivity index is 1.46. The van der Waals surface area contributed by atoms with Crippen molar-refractivity contribution in [1.29, 1.82) is 0 Å². The summed E-state index contributed by atoms with van der Waals surface area (Å²) in [5.41, 5.74) is 1.57. The Kier molecular flexibility index (Phi) is 8.25. The van der Waals surface area contributed by atoms with Gasteiger partial charge in [0.05, 0.1) is 26.4 Å². The Morgan fingerprint density at radius 1 is 1.15 bits per heavy atom. The molecule has 2 fully saturated rings. The van der Waals surface area contributed by atoms with Gasteiger partial charge in [-0.15, -0.1) is 0 Å². The molecule has 33 heavy (non-hydrogen) atoms. The van der Waals surface area contributed by atoms with Gasteiger partial charge < -0.3 is 19.1 Å². The van der Waals surface area contributed by atoms with Gasteiger partial charge in [0.25, 0.3) is 0 Å². The number of carbonyl (C=O) groups is 1. The maximum Gasteiger partial charge on any atom is 0.236 e. The summed E-state index contributed by atoms with van der Waals surface area (Å²) in [5.74, 6) is 0.642. The van der Waals surface area contributed by atoms with Gasteiger partial charge in [0.1, 0.15) is 11.6 Å². The number of halogens is 1. The van der Waals surface area contributed by atoms with Gasteiger partial charge in [-0.25, -0.2) is 4.39 Å². The number of nitrogens with zero attached hydrogens (tertiary/aromatic N) is 3. The molecule has 0 N–H and O–H groups in total. The van der Waals surface area contributed by atoms with Crippen LogP contribution in [0.1, 0.15) is 24.0 Å². The Morgan fingerprint density at radius 3 is 2.67 bits per heavy atom. The van der Waals surface area contributed by atoms with Crippen molar-refractivity contribution >= 4 is 5.91 Å². The molecule has 0 aliphatic carbocycles. The Labute approximate surface area is 194 Å². The molecule has 1 aromatic carbocycles. The van der Waals surface area contributed by atoms with Crippen LogP contribution in [0.4, 0.5) is 4.39 Å². The molecule has 1 atom stereocenters. The van der Waals surface area contributed by atoms with Crippen molar-refractivity contribution in [1.82, 2.24) is 14.8 Å². The van der Waals surface area contributed by atoms with Crippen LogP contribution in [0.25, 0.3) is 0 Å². The first-order valence-corrected chi connectivity index (χ1v) is 11.5. The minimum atomic E-state index is -0.334. The normalized spacial score (nSPS) is 20.6. The van der Waals surface area contributed by atoms with Crippen molar-refractivity contribution in [2.24, 2.45) is 5.92 Å². The van der Waals surface area contributed by atoms with E-state index in [1.165, 1.54) is 13.2 Å². The zero-order valence-electron chi connectivity index (χ0n) is 19.1. The van der Waals surface area contributed by atoms with Gasteiger partial charge in [-0.3, -0.25) is 14.7 Å². The van der Waals surface area contributed by atoms with Crippen LogP contribution >= 0.6 is 0 Å².